The van der Waals surface area contributed by atoms with Gasteiger partial charge in [-0.15, -0.1) is 0 Å². The van der Waals surface area contributed by atoms with Gasteiger partial charge in [-0.05, 0) is 11.1 Å². The Morgan fingerprint density at radius 2 is 0.882 bits per heavy atom. The third-order valence-corrected chi connectivity index (χ3v) is 2.29. The number of allylic oxidation sites excluding steroid dienone is 2. The molecule has 2 rings (SSSR count). The smallest absolute Gasteiger partial charge is 0.0622 e. The molecule has 0 saturated carbocycles. The Bertz CT molecular complexity index is 422. The molecule has 0 N–H and O–H groups in total. The van der Waals surface area contributed by atoms with Gasteiger partial charge in [0.05, 0.1) is 0 Å². The van der Waals surface area contributed by atoms with Crippen LogP contribution in [0.4, 0.5) is 0 Å². The molecule has 0 radical (unpaired) electrons. The quantitative estimate of drug-likeness (QED) is 0.736. The van der Waals surface area contributed by atoms with Gasteiger partial charge in [-0.25, -0.2) is 0 Å². The van der Waals surface area contributed by atoms with Crippen molar-refractivity contribution in [1.29, 1.82) is 0 Å². The van der Waals surface area contributed by atoms with Crippen molar-refractivity contribution in [3.05, 3.63) is 83.9 Å². The summed E-state index contributed by atoms with van der Waals surface area (Å²) in [6.07, 6.45) is 8.31. The van der Waals surface area contributed by atoms with Crippen molar-refractivity contribution < 1.29 is 26.2 Å². The van der Waals surface area contributed by atoms with E-state index in [0.29, 0.717) is 0 Å². The van der Waals surface area contributed by atoms with Crippen molar-refractivity contribution in [2.75, 3.05) is 0 Å². The van der Waals surface area contributed by atoms with Crippen LogP contribution in [0.25, 0.3) is 12.2 Å². The van der Waals surface area contributed by atoms with Gasteiger partial charge in [0.25, 0.3) is 0 Å². The Morgan fingerprint density at radius 1 is 0.529 bits per heavy atom. The fourth-order valence-corrected chi connectivity index (χ4v) is 1.46. The third-order valence-electron chi connectivity index (χ3n) is 2.29. The van der Waals surface area contributed by atoms with Crippen molar-refractivity contribution in [2.45, 2.75) is 0 Å². The Labute approximate surface area is 122 Å². The molecule has 0 spiro atoms. The van der Waals surface area contributed by atoms with E-state index >= 15 is 0 Å². The maximum absolute atomic E-state index is 2.10. The van der Waals surface area contributed by atoms with E-state index in [0.717, 1.165) is 0 Å². The summed E-state index contributed by atoms with van der Waals surface area (Å²) < 4.78 is 0. The van der Waals surface area contributed by atoms with E-state index in [9.17, 15) is 0 Å². The van der Waals surface area contributed by atoms with Crippen LogP contribution in [0.15, 0.2) is 72.8 Å². The van der Waals surface area contributed by atoms with Crippen LogP contribution in [0.1, 0.15) is 11.1 Å². The van der Waals surface area contributed by atoms with Crippen molar-refractivity contribution in [2.24, 2.45) is 0 Å². The van der Waals surface area contributed by atoms with Crippen LogP contribution in [0.5, 0.6) is 0 Å². The van der Waals surface area contributed by atoms with E-state index in [2.05, 4.69) is 48.6 Å². The number of rotatable bonds is 3. The monoisotopic (exact) mass is 296 g/mol. The first-order valence-electron chi connectivity index (χ1n) is 5.40. The molecule has 2 aromatic carbocycles. The zero-order valence-corrected chi connectivity index (χ0v) is 12.0. The van der Waals surface area contributed by atoms with E-state index in [1.54, 1.807) is 0 Å². The van der Waals surface area contributed by atoms with Gasteiger partial charge in [-0.2, -0.15) is 0 Å². The van der Waals surface area contributed by atoms with Gasteiger partial charge in [0.15, 0.2) is 0 Å². The van der Waals surface area contributed by atoms with Crippen LogP contribution in [0.2, 0.25) is 0 Å². The molecule has 0 aliphatic carbocycles. The van der Waals surface area contributed by atoms with E-state index in [1.165, 1.54) is 11.1 Å². The van der Waals surface area contributed by atoms with Crippen molar-refractivity contribution in [3.63, 3.8) is 0 Å². The number of hydrogen-bond donors (Lipinski definition) is 0. The molecule has 2 aromatic rings. The predicted molar refractivity (Wildman–Crippen MR) is 71.0 cm³/mol. The van der Waals surface area contributed by atoms with E-state index in [-0.39, 0.29) is 26.2 Å². The second-order valence-electron chi connectivity index (χ2n) is 3.54. The van der Waals surface area contributed by atoms with Crippen molar-refractivity contribution in [3.8, 4) is 0 Å². The number of benzene rings is 2. The summed E-state index contributed by atoms with van der Waals surface area (Å²) in [7, 11) is 0. The van der Waals surface area contributed by atoms with Gasteiger partial charge in [-0.1, -0.05) is 85.0 Å². The Kier molecular flexibility index (Phi) is 6.51. The molecule has 0 unspecified atom stereocenters. The average molecular weight is 298 g/mol. The minimum Gasteiger partial charge on any atom is -0.0622 e. The molecule has 0 aliphatic heterocycles. The molecule has 1 heteroatoms. The summed E-state index contributed by atoms with van der Waals surface area (Å²) in [5.41, 5.74) is 2.44. The molecular formula is C16H14Zr+2. The molecule has 0 amide bonds. The minimum atomic E-state index is 0. The summed E-state index contributed by atoms with van der Waals surface area (Å²) >= 11 is 0. The van der Waals surface area contributed by atoms with Crippen LogP contribution < -0.4 is 0 Å². The Balaban J connectivity index is 0.00000144. The van der Waals surface area contributed by atoms with Crippen LogP contribution in [0, 0.1) is 0 Å². The molecule has 80 valence electrons. The maximum atomic E-state index is 2.10. The first-order chi connectivity index (χ1) is 7.95. The molecule has 0 saturated heterocycles. The molecule has 0 fully saturated rings. The summed E-state index contributed by atoms with van der Waals surface area (Å²) in [5.74, 6) is 0. The normalized spacial score (nSPS) is 10.6. The van der Waals surface area contributed by atoms with Crippen LogP contribution in [0.3, 0.4) is 0 Å². The molecule has 0 nitrogen and oxygen atoms in total. The molecule has 0 aliphatic rings. The van der Waals surface area contributed by atoms with Crippen LogP contribution >= 0.6 is 0 Å². The SMILES string of the molecule is C(C=Cc1ccccc1)=Cc1ccccc1.[Zr+2]. The summed E-state index contributed by atoms with van der Waals surface area (Å²) in [4.78, 5) is 0. The first kappa shape index (κ1) is 13.9. The Morgan fingerprint density at radius 3 is 1.24 bits per heavy atom. The zero-order valence-electron chi connectivity index (χ0n) is 9.58. The molecule has 17 heavy (non-hydrogen) atoms. The topological polar surface area (TPSA) is 0 Å². The minimum absolute atomic E-state index is 0. The maximum Gasteiger partial charge on any atom is 2.00 e. The summed E-state index contributed by atoms with van der Waals surface area (Å²) in [6, 6.07) is 20.6. The fourth-order valence-electron chi connectivity index (χ4n) is 1.46. The van der Waals surface area contributed by atoms with Crippen molar-refractivity contribution in [1.82, 2.24) is 0 Å². The van der Waals surface area contributed by atoms with Gasteiger partial charge in [0.2, 0.25) is 0 Å². The van der Waals surface area contributed by atoms with E-state index < -0.39 is 0 Å². The summed E-state index contributed by atoms with van der Waals surface area (Å²) in [6.45, 7) is 0. The fraction of sp³-hybridized carbons (Fsp3) is 0. The van der Waals surface area contributed by atoms with E-state index in [1.807, 2.05) is 36.4 Å². The third kappa shape index (κ3) is 5.10. The summed E-state index contributed by atoms with van der Waals surface area (Å²) in [5, 5.41) is 0. The first-order valence-corrected chi connectivity index (χ1v) is 5.40. The second-order valence-corrected chi connectivity index (χ2v) is 3.54. The largest absolute Gasteiger partial charge is 2.00 e. The van der Waals surface area contributed by atoms with Crippen molar-refractivity contribution >= 4 is 12.2 Å². The standard InChI is InChI=1S/C16H14.Zr/c1-3-9-15(10-4-1)13-7-8-14-16-11-5-2-6-12-16;/h1-14H;/q;+2. The van der Waals surface area contributed by atoms with Gasteiger partial charge < -0.3 is 0 Å². The van der Waals surface area contributed by atoms with Gasteiger partial charge in [-0.3, -0.25) is 0 Å². The van der Waals surface area contributed by atoms with Crippen LogP contribution in [-0.4, -0.2) is 0 Å². The van der Waals surface area contributed by atoms with Crippen LogP contribution in [-0.2, 0) is 26.2 Å². The van der Waals surface area contributed by atoms with Gasteiger partial charge in [0, 0.05) is 0 Å². The second kappa shape index (κ2) is 7.98. The molecule has 0 bridgehead atoms. The Hall–Kier alpha value is -1.20. The molecular weight excluding hydrogens is 283 g/mol. The number of hydrogen-bond acceptors (Lipinski definition) is 0. The predicted octanol–water partition coefficient (Wildman–Crippen LogP) is 4.41. The van der Waals surface area contributed by atoms with Gasteiger partial charge >= 0.3 is 26.2 Å². The average Bonchev–Trinajstić information content (AvgIpc) is 2.37. The zero-order chi connectivity index (χ0) is 11.1. The van der Waals surface area contributed by atoms with E-state index in [4.69, 9.17) is 0 Å². The molecule has 0 aromatic heterocycles. The molecule has 0 heterocycles. The van der Waals surface area contributed by atoms with Gasteiger partial charge in [0.1, 0.15) is 0 Å². The molecule has 0 atom stereocenters.